The number of hydrogen-bond donors (Lipinski definition) is 1. The molecule has 1 heterocycles. The molecular formula is C14H11NOS. The molecule has 0 fully saturated rings. The van der Waals surface area contributed by atoms with Gasteiger partial charge < -0.3 is 5.32 Å². The van der Waals surface area contributed by atoms with E-state index in [1.54, 1.807) is 0 Å². The van der Waals surface area contributed by atoms with E-state index in [4.69, 9.17) is 6.42 Å². The smallest absolute Gasteiger partial charge is 0.262 e. The Hall–Kier alpha value is -2.05. The number of terminal acetylenes is 1. The Bertz CT molecular complexity index is 551. The second-order valence-corrected chi connectivity index (χ2v) is 4.33. The van der Waals surface area contributed by atoms with Gasteiger partial charge in [0.2, 0.25) is 0 Å². The molecule has 1 aromatic carbocycles. The molecule has 84 valence electrons. The molecule has 0 aliphatic carbocycles. The Morgan fingerprint density at radius 1 is 1.29 bits per heavy atom. The highest BCUT2D eigenvalue weighted by atomic mass is 32.1. The first-order valence-electron chi connectivity index (χ1n) is 5.17. The molecule has 0 saturated heterocycles. The predicted molar refractivity (Wildman–Crippen MR) is 70.9 cm³/mol. The Kier molecular flexibility index (Phi) is 3.59. The number of carbonyl (C=O) groups excluding carboxylic acids is 1. The zero-order chi connectivity index (χ0) is 12.1. The van der Waals surface area contributed by atoms with Crippen LogP contribution < -0.4 is 5.32 Å². The molecule has 17 heavy (non-hydrogen) atoms. The highest BCUT2D eigenvalue weighted by Gasteiger charge is 2.13. The average molecular weight is 241 g/mol. The van der Waals surface area contributed by atoms with Crippen LogP contribution in [0.15, 0.2) is 41.8 Å². The summed E-state index contributed by atoms with van der Waals surface area (Å²) in [6, 6.07) is 11.8. The molecule has 0 aliphatic heterocycles. The first-order chi connectivity index (χ1) is 8.33. The zero-order valence-electron chi connectivity index (χ0n) is 9.14. The first-order valence-corrected chi connectivity index (χ1v) is 6.05. The lowest BCUT2D eigenvalue weighted by atomic mass is 10.1. The van der Waals surface area contributed by atoms with E-state index in [-0.39, 0.29) is 12.5 Å². The standard InChI is InChI=1S/C14H11NOS/c1-2-9-15-14(16)13-12(8-10-17-13)11-6-4-3-5-7-11/h1,3-8,10H,9H2,(H,15,16). The molecule has 0 aliphatic rings. The lowest BCUT2D eigenvalue weighted by molar-refractivity contribution is 0.0963. The van der Waals surface area contributed by atoms with Crippen LogP contribution in [0.25, 0.3) is 11.1 Å². The van der Waals surface area contributed by atoms with Crippen molar-refractivity contribution in [2.75, 3.05) is 6.54 Å². The van der Waals surface area contributed by atoms with Gasteiger partial charge in [0.15, 0.2) is 0 Å². The second kappa shape index (κ2) is 5.33. The van der Waals surface area contributed by atoms with Crippen LogP contribution in [0.5, 0.6) is 0 Å². The molecule has 0 unspecified atom stereocenters. The highest BCUT2D eigenvalue weighted by Crippen LogP contribution is 2.27. The summed E-state index contributed by atoms with van der Waals surface area (Å²) in [5, 5.41) is 4.59. The van der Waals surface area contributed by atoms with Crippen molar-refractivity contribution in [3.05, 3.63) is 46.7 Å². The molecule has 0 atom stereocenters. The minimum Gasteiger partial charge on any atom is -0.340 e. The fourth-order valence-corrected chi connectivity index (χ4v) is 2.37. The Morgan fingerprint density at radius 2 is 2.06 bits per heavy atom. The summed E-state index contributed by atoms with van der Waals surface area (Å²) in [5.74, 6) is 2.28. The van der Waals surface area contributed by atoms with Crippen LogP contribution in [0, 0.1) is 12.3 Å². The Labute approximate surface area is 104 Å². The van der Waals surface area contributed by atoms with Gasteiger partial charge in [-0.1, -0.05) is 36.3 Å². The maximum atomic E-state index is 11.9. The molecule has 2 rings (SSSR count). The Balaban J connectivity index is 2.30. The van der Waals surface area contributed by atoms with Crippen molar-refractivity contribution in [1.82, 2.24) is 5.32 Å². The summed E-state index contributed by atoms with van der Waals surface area (Å²) in [6.07, 6.45) is 5.12. The van der Waals surface area contributed by atoms with E-state index in [1.807, 2.05) is 41.8 Å². The summed E-state index contributed by atoms with van der Waals surface area (Å²) < 4.78 is 0. The zero-order valence-corrected chi connectivity index (χ0v) is 9.96. The van der Waals surface area contributed by atoms with Gasteiger partial charge in [-0.15, -0.1) is 17.8 Å². The topological polar surface area (TPSA) is 29.1 Å². The van der Waals surface area contributed by atoms with Crippen molar-refractivity contribution in [3.8, 4) is 23.5 Å². The number of rotatable bonds is 3. The summed E-state index contributed by atoms with van der Waals surface area (Å²) in [6.45, 7) is 0.255. The summed E-state index contributed by atoms with van der Waals surface area (Å²) in [5.41, 5.74) is 1.99. The maximum Gasteiger partial charge on any atom is 0.262 e. The van der Waals surface area contributed by atoms with Crippen molar-refractivity contribution >= 4 is 17.2 Å². The number of carbonyl (C=O) groups is 1. The molecule has 0 saturated carbocycles. The van der Waals surface area contributed by atoms with Crippen LogP contribution in [-0.4, -0.2) is 12.5 Å². The third-order valence-corrected chi connectivity index (χ3v) is 3.22. The summed E-state index contributed by atoms with van der Waals surface area (Å²) >= 11 is 1.42. The molecule has 0 spiro atoms. The van der Waals surface area contributed by atoms with Crippen LogP contribution in [0.4, 0.5) is 0 Å². The van der Waals surface area contributed by atoms with Crippen molar-refractivity contribution in [2.24, 2.45) is 0 Å². The number of amides is 1. The molecule has 3 heteroatoms. The van der Waals surface area contributed by atoms with Gasteiger partial charge >= 0.3 is 0 Å². The van der Waals surface area contributed by atoms with Crippen molar-refractivity contribution in [2.45, 2.75) is 0 Å². The summed E-state index contributed by atoms with van der Waals surface area (Å²) in [7, 11) is 0. The lowest BCUT2D eigenvalue weighted by Gasteiger charge is -2.03. The van der Waals surface area contributed by atoms with Gasteiger partial charge in [-0.3, -0.25) is 4.79 Å². The molecule has 2 nitrogen and oxygen atoms in total. The van der Waals surface area contributed by atoms with Gasteiger partial charge in [-0.05, 0) is 17.0 Å². The van der Waals surface area contributed by atoms with E-state index in [2.05, 4.69) is 11.2 Å². The minimum absolute atomic E-state index is 0.114. The molecule has 2 aromatic rings. The monoisotopic (exact) mass is 241 g/mol. The maximum absolute atomic E-state index is 11.9. The molecule has 1 N–H and O–H groups in total. The van der Waals surface area contributed by atoms with Crippen LogP contribution in [0.1, 0.15) is 9.67 Å². The predicted octanol–water partition coefficient (Wildman–Crippen LogP) is 2.78. The van der Waals surface area contributed by atoms with Gasteiger partial charge in [0.25, 0.3) is 5.91 Å². The average Bonchev–Trinajstić information content (AvgIpc) is 2.86. The molecule has 1 amide bonds. The largest absolute Gasteiger partial charge is 0.340 e. The van der Waals surface area contributed by atoms with Gasteiger partial charge in [-0.25, -0.2) is 0 Å². The molecular weight excluding hydrogens is 230 g/mol. The number of thiophene rings is 1. The van der Waals surface area contributed by atoms with E-state index in [1.165, 1.54) is 11.3 Å². The van der Waals surface area contributed by atoms with Gasteiger partial charge in [-0.2, -0.15) is 0 Å². The van der Waals surface area contributed by atoms with Crippen LogP contribution in [0.3, 0.4) is 0 Å². The van der Waals surface area contributed by atoms with E-state index < -0.39 is 0 Å². The Morgan fingerprint density at radius 3 is 2.76 bits per heavy atom. The minimum atomic E-state index is -0.114. The second-order valence-electron chi connectivity index (χ2n) is 3.42. The van der Waals surface area contributed by atoms with E-state index >= 15 is 0 Å². The third kappa shape index (κ3) is 2.55. The van der Waals surface area contributed by atoms with Crippen LogP contribution in [-0.2, 0) is 0 Å². The normalized spacial score (nSPS) is 9.59. The molecule has 0 bridgehead atoms. The van der Waals surface area contributed by atoms with Crippen molar-refractivity contribution < 1.29 is 4.79 Å². The van der Waals surface area contributed by atoms with Crippen LogP contribution >= 0.6 is 11.3 Å². The van der Waals surface area contributed by atoms with E-state index in [0.29, 0.717) is 4.88 Å². The van der Waals surface area contributed by atoms with Gasteiger partial charge in [0, 0.05) is 5.56 Å². The van der Waals surface area contributed by atoms with Crippen molar-refractivity contribution in [3.63, 3.8) is 0 Å². The lowest BCUT2D eigenvalue weighted by Crippen LogP contribution is -2.22. The fourth-order valence-electron chi connectivity index (χ4n) is 1.54. The third-order valence-electron chi connectivity index (χ3n) is 2.31. The molecule has 1 aromatic heterocycles. The number of hydrogen-bond acceptors (Lipinski definition) is 2. The number of benzene rings is 1. The van der Waals surface area contributed by atoms with Crippen molar-refractivity contribution in [1.29, 1.82) is 0 Å². The van der Waals surface area contributed by atoms with E-state index in [9.17, 15) is 4.79 Å². The SMILES string of the molecule is C#CCNC(=O)c1sccc1-c1ccccc1. The highest BCUT2D eigenvalue weighted by molar-refractivity contribution is 7.12. The first kappa shape index (κ1) is 11.4. The fraction of sp³-hybridized carbons (Fsp3) is 0.0714. The van der Waals surface area contributed by atoms with Gasteiger partial charge in [0.1, 0.15) is 0 Å². The van der Waals surface area contributed by atoms with Crippen LogP contribution in [0.2, 0.25) is 0 Å². The van der Waals surface area contributed by atoms with E-state index in [0.717, 1.165) is 11.1 Å². The summed E-state index contributed by atoms with van der Waals surface area (Å²) in [4.78, 5) is 12.6. The quantitative estimate of drug-likeness (QED) is 0.823. The molecule has 0 radical (unpaired) electrons. The van der Waals surface area contributed by atoms with Gasteiger partial charge in [0.05, 0.1) is 11.4 Å². The number of nitrogens with one attached hydrogen (secondary N) is 1.